The quantitative estimate of drug-likeness (QED) is 0.250. The van der Waals surface area contributed by atoms with Gasteiger partial charge in [0, 0.05) is 42.9 Å². The number of hydrogen-bond acceptors (Lipinski definition) is 4. The lowest BCUT2D eigenvalue weighted by molar-refractivity contribution is -0.168. The van der Waals surface area contributed by atoms with Gasteiger partial charge in [-0.25, -0.2) is 5.06 Å². The Balaban J connectivity index is 1.66. The Morgan fingerprint density at radius 3 is 2.34 bits per heavy atom. The van der Waals surface area contributed by atoms with Crippen molar-refractivity contribution < 1.29 is 19.6 Å². The predicted octanol–water partition coefficient (Wildman–Crippen LogP) is 3.34. The van der Waals surface area contributed by atoms with Crippen molar-refractivity contribution in [1.82, 2.24) is 20.7 Å². The molecule has 3 amide bonds. The van der Waals surface area contributed by atoms with Gasteiger partial charge in [0.15, 0.2) is 0 Å². The van der Waals surface area contributed by atoms with E-state index in [1.165, 1.54) is 7.05 Å². The maximum atomic E-state index is 12.7. The summed E-state index contributed by atoms with van der Waals surface area (Å²) in [6, 6.07) is 16.2. The van der Waals surface area contributed by atoms with Gasteiger partial charge in [-0.05, 0) is 29.5 Å². The molecule has 0 aliphatic rings. The number of carbonyl (C=O) groups is 3. The third-order valence-corrected chi connectivity index (χ3v) is 5.85. The fraction of sp³-hybridized carbons (Fsp3) is 0.370. The van der Waals surface area contributed by atoms with Gasteiger partial charge in [0.1, 0.15) is 6.04 Å². The fourth-order valence-electron chi connectivity index (χ4n) is 4.12. The van der Waals surface area contributed by atoms with Crippen LogP contribution in [0, 0.1) is 5.92 Å². The predicted molar refractivity (Wildman–Crippen MR) is 135 cm³/mol. The molecule has 0 unspecified atom stereocenters. The average molecular weight is 479 g/mol. The summed E-state index contributed by atoms with van der Waals surface area (Å²) in [7, 11) is 1.53. The Labute approximate surface area is 205 Å². The van der Waals surface area contributed by atoms with Crippen molar-refractivity contribution in [3.8, 4) is 0 Å². The van der Waals surface area contributed by atoms with Crippen LogP contribution in [0.15, 0.2) is 54.6 Å². The van der Waals surface area contributed by atoms with Crippen molar-refractivity contribution in [2.24, 2.45) is 5.92 Å². The third kappa shape index (κ3) is 7.16. The highest BCUT2D eigenvalue weighted by Gasteiger charge is 2.24. The molecule has 1 aromatic heterocycles. The molecule has 0 radical (unpaired) electrons. The highest BCUT2D eigenvalue weighted by molar-refractivity contribution is 5.91. The Hall–Kier alpha value is -3.65. The summed E-state index contributed by atoms with van der Waals surface area (Å²) >= 11 is 0. The number of nitrogens with one attached hydrogen (secondary N) is 3. The van der Waals surface area contributed by atoms with E-state index in [2.05, 4.69) is 29.5 Å². The minimum Gasteiger partial charge on any atom is -0.358 e. The molecule has 35 heavy (non-hydrogen) atoms. The van der Waals surface area contributed by atoms with Crippen LogP contribution >= 0.6 is 0 Å². The van der Waals surface area contributed by atoms with E-state index in [-0.39, 0.29) is 25.3 Å². The van der Waals surface area contributed by atoms with Gasteiger partial charge >= 0.3 is 0 Å². The number of nitrogens with zero attached hydrogens (tertiary/aromatic N) is 1. The van der Waals surface area contributed by atoms with Gasteiger partial charge in [-0.1, -0.05) is 62.4 Å². The summed E-state index contributed by atoms with van der Waals surface area (Å²) in [5.74, 6) is -0.877. The van der Waals surface area contributed by atoms with Crippen LogP contribution in [-0.4, -0.2) is 46.1 Å². The lowest BCUT2D eigenvalue weighted by Gasteiger charge is -2.19. The van der Waals surface area contributed by atoms with Gasteiger partial charge in [0.25, 0.3) is 0 Å². The van der Waals surface area contributed by atoms with E-state index in [9.17, 15) is 19.6 Å². The highest BCUT2D eigenvalue weighted by atomic mass is 16.5. The molecule has 3 rings (SSSR count). The molecule has 3 aromatic rings. The molecular formula is C27H34N4O4. The van der Waals surface area contributed by atoms with Crippen molar-refractivity contribution in [3.63, 3.8) is 0 Å². The maximum absolute atomic E-state index is 12.7. The molecule has 0 fully saturated rings. The number of hydroxylamine groups is 2. The summed E-state index contributed by atoms with van der Waals surface area (Å²) in [6.45, 7) is 4.31. The topological polar surface area (TPSA) is 115 Å². The molecule has 1 heterocycles. The number of amides is 3. The number of para-hydroxylation sites is 1. The average Bonchev–Trinajstić information content (AvgIpc) is 3.18. The van der Waals surface area contributed by atoms with Crippen molar-refractivity contribution in [2.75, 3.05) is 7.05 Å². The van der Waals surface area contributed by atoms with Gasteiger partial charge < -0.3 is 15.6 Å². The maximum Gasteiger partial charge on any atom is 0.246 e. The Morgan fingerprint density at radius 1 is 0.971 bits per heavy atom. The zero-order chi connectivity index (χ0) is 25.4. The molecule has 0 aliphatic heterocycles. The second-order valence-corrected chi connectivity index (χ2v) is 9.10. The Bertz CT molecular complexity index is 1160. The molecule has 0 saturated heterocycles. The van der Waals surface area contributed by atoms with Crippen molar-refractivity contribution >= 4 is 28.6 Å². The zero-order valence-electron chi connectivity index (χ0n) is 20.5. The number of aromatic amines is 1. The van der Waals surface area contributed by atoms with E-state index in [4.69, 9.17) is 0 Å². The largest absolute Gasteiger partial charge is 0.358 e. The Morgan fingerprint density at radius 2 is 1.66 bits per heavy atom. The van der Waals surface area contributed by atoms with Gasteiger partial charge in [0.2, 0.25) is 17.7 Å². The van der Waals surface area contributed by atoms with E-state index in [0.29, 0.717) is 17.4 Å². The number of fused-ring (bicyclic) bond motifs is 1. The molecule has 8 heteroatoms. The normalized spacial score (nSPS) is 11.9. The molecule has 0 aliphatic carbocycles. The first-order valence-corrected chi connectivity index (χ1v) is 11.9. The first kappa shape index (κ1) is 26.0. The van der Waals surface area contributed by atoms with E-state index >= 15 is 0 Å². The van der Waals surface area contributed by atoms with Crippen LogP contribution in [-0.2, 0) is 33.8 Å². The SMILES string of the molecule is CNC(=O)[C@H](Cc1c(CC(C)C)[nH]c2ccccc12)NC(=O)CCC(=O)N(O)Cc1ccccc1. The number of hydrogen-bond donors (Lipinski definition) is 4. The second-order valence-electron chi connectivity index (χ2n) is 9.10. The van der Waals surface area contributed by atoms with Crippen molar-refractivity contribution in [1.29, 1.82) is 0 Å². The molecule has 8 nitrogen and oxygen atoms in total. The summed E-state index contributed by atoms with van der Waals surface area (Å²) in [5.41, 5.74) is 3.83. The number of aromatic nitrogens is 1. The highest BCUT2D eigenvalue weighted by Crippen LogP contribution is 2.26. The molecule has 186 valence electrons. The fourth-order valence-corrected chi connectivity index (χ4v) is 4.12. The summed E-state index contributed by atoms with van der Waals surface area (Å²) in [4.78, 5) is 41.1. The second kappa shape index (κ2) is 12.2. The number of carbonyl (C=O) groups excluding carboxylic acids is 3. The van der Waals surface area contributed by atoms with Crippen LogP contribution in [0.25, 0.3) is 10.9 Å². The van der Waals surface area contributed by atoms with E-state index in [0.717, 1.165) is 34.1 Å². The number of likely N-dealkylation sites (N-methyl/N-ethyl adjacent to an activating group) is 1. The van der Waals surface area contributed by atoms with Crippen LogP contribution in [0.2, 0.25) is 0 Å². The lowest BCUT2D eigenvalue weighted by atomic mass is 9.97. The zero-order valence-corrected chi connectivity index (χ0v) is 20.5. The minimum atomic E-state index is -0.790. The van der Waals surface area contributed by atoms with Crippen LogP contribution in [0.3, 0.4) is 0 Å². The van der Waals surface area contributed by atoms with Gasteiger partial charge in [-0.15, -0.1) is 0 Å². The lowest BCUT2D eigenvalue weighted by Crippen LogP contribution is -2.47. The summed E-state index contributed by atoms with van der Waals surface area (Å²) < 4.78 is 0. The number of benzene rings is 2. The number of H-pyrrole nitrogens is 1. The number of rotatable bonds is 11. The molecule has 4 N–H and O–H groups in total. The third-order valence-electron chi connectivity index (χ3n) is 5.85. The molecule has 2 aromatic carbocycles. The van der Waals surface area contributed by atoms with E-state index < -0.39 is 17.9 Å². The van der Waals surface area contributed by atoms with Gasteiger partial charge in [-0.2, -0.15) is 0 Å². The van der Waals surface area contributed by atoms with E-state index in [1.54, 1.807) is 12.1 Å². The molecule has 0 bridgehead atoms. The molecule has 0 saturated carbocycles. The van der Waals surface area contributed by atoms with Gasteiger partial charge in [-0.3, -0.25) is 19.6 Å². The van der Waals surface area contributed by atoms with Crippen LogP contribution in [0.4, 0.5) is 0 Å². The van der Waals surface area contributed by atoms with E-state index in [1.807, 2.05) is 42.5 Å². The molecular weight excluding hydrogens is 444 g/mol. The standard InChI is InChI=1S/C27H34N4O4/c1-18(2)15-23-21(20-11-7-8-12-22(20)29-23)16-24(27(34)28-3)30-25(32)13-14-26(33)31(35)17-19-9-5-4-6-10-19/h4-12,18,24,29,35H,13-17H2,1-3H3,(H,28,34)(H,30,32)/t24-/m0/s1. The summed E-state index contributed by atoms with van der Waals surface area (Å²) in [5, 5.41) is 17.1. The van der Waals surface area contributed by atoms with Crippen molar-refractivity contribution in [3.05, 3.63) is 71.4 Å². The van der Waals surface area contributed by atoms with Crippen LogP contribution in [0.5, 0.6) is 0 Å². The smallest absolute Gasteiger partial charge is 0.246 e. The molecule has 0 spiro atoms. The summed E-state index contributed by atoms with van der Waals surface area (Å²) in [6.07, 6.45) is 0.846. The van der Waals surface area contributed by atoms with Crippen LogP contribution < -0.4 is 10.6 Å². The van der Waals surface area contributed by atoms with Gasteiger partial charge in [0.05, 0.1) is 6.54 Å². The first-order chi connectivity index (χ1) is 16.8. The monoisotopic (exact) mass is 478 g/mol. The first-order valence-electron chi connectivity index (χ1n) is 11.9. The van der Waals surface area contributed by atoms with Crippen LogP contribution in [0.1, 0.15) is 43.5 Å². The van der Waals surface area contributed by atoms with Crippen molar-refractivity contribution in [2.45, 2.75) is 52.1 Å². The molecule has 1 atom stereocenters. The minimum absolute atomic E-state index is 0.0430. The Kier molecular flexibility index (Phi) is 9.03.